The van der Waals surface area contributed by atoms with Crippen molar-refractivity contribution in [1.29, 1.82) is 0 Å². The van der Waals surface area contributed by atoms with E-state index in [-0.39, 0.29) is 0 Å². The fourth-order valence-corrected chi connectivity index (χ4v) is 1.05. The summed E-state index contributed by atoms with van der Waals surface area (Å²) in [5.74, 6) is 0. The third kappa shape index (κ3) is 2.84. The summed E-state index contributed by atoms with van der Waals surface area (Å²) in [5.41, 5.74) is 8.31. The molecule has 1 rings (SSSR count). The predicted molar refractivity (Wildman–Crippen MR) is 54.0 cm³/mol. The van der Waals surface area contributed by atoms with Gasteiger partial charge in [0.25, 0.3) is 0 Å². The van der Waals surface area contributed by atoms with Gasteiger partial charge in [0.05, 0.1) is 0 Å². The van der Waals surface area contributed by atoms with Crippen LogP contribution in [0.2, 0.25) is 0 Å². The number of allylic oxidation sites excluding steroid dienone is 1. The number of carbonyl (C=O) groups excluding carboxylic acids is 1. The van der Waals surface area contributed by atoms with Crippen molar-refractivity contribution in [1.82, 2.24) is 0 Å². The molecule has 13 heavy (non-hydrogen) atoms. The van der Waals surface area contributed by atoms with Gasteiger partial charge in [-0.05, 0) is 29.7 Å². The fraction of sp³-hybridized carbons (Fsp3) is 0.182. The van der Waals surface area contributed by atoms with Crippen molar-refractivity contribution >= 4 is 12.4 Å². The average molecular weight is 175 g/mol. The van der Waals surface area contributed by atoms with Gasteiger partial charge < -0.3 is 5.73 Å². The molecular formula is C11H13NO. The van der Waals surface area contributed by atoms with E-state index < -0.39 is 0 Å². The molecule has 0 aliphatic rings. The molecule has 1 aromatic carbocycles. The molecule has 0 spiro atoms. The van der Waals surface area contributed by atoms with Crippen molar-refractivity contribution < 1.29 is 4.79 Å². The molecule has 0 fully saturated rings. The Bertz CT molecular complexity index is 311. The molecule has 0 unspecified atom stereocenters. The minimum atomic E-state index is 0.552. The van der Waals surface area contributed by atoms with Crippen molar-refractivity contribution in [3.8, 4) is 0 Å². The fourth-order valence-electron chi connectivity index (χ4n) is 1.05. The Morgan fingerprint density at radius 1 is 1.38 bits per heavy atom. The number of hydrogen-bond donors (Lipinski definition) is 1. The van der Waals surface area contributed by atoms with Crippen LogP contribution in [0, 0.1) is 0 Å². The van der Waals surface area contributed by atoms with Crippen molar-refractivity contribution in [2.75, 3.05) is 0 Å². The summed E-state index contributed by atoms with van der Waals surface area (Å²) in [6.45, 7) is 2.33. The molecule has 2 nitrogen and oxygen atoms in total. The van der Waals surface area contributed by atoms with Crippen LogP contribution in [0.25, 0.3) is 6.08 Å². The number of carbonyl (C=O) groups is 1. The molecule has 0 heterocycles. The largest absolute Gasteiger partial charge is 0.326 e. The summed E-state index contributed by atoms with van der Waals surface area (Å²) in [5, 5.41) is 0. The Morgan fingerprint density at radius 2 is 2.00 bits per heavy atom. The maximum atomic E-state index is 10.3. The van der Waals surface area contributed by atoms with E-state index in [4.69, 9.17) is 5.73 Å². The molecule has 0 atom stereocenters. The first-order valence-electron chi connectivity index (χ1n) is 4.18. The number of hydrogen-bond acceptors (Lipinski definition) is 2. The van der Waals surface area contributed by atoms with Crippen LogP contribution in [-0.2, 0) is 11.3 Å². The summed E-state index contributed by atoms with van der Waals surface area (Å²) >= 11 is 0. The molecular weight excluding hydrogens is 162 g/mol. The second-order valence-electron chi connectivity index (χ2n) is 2.95. The van der Waals surface area contributed by atoms with Gasteiger partial charge in [0.1, 0.15) is 6.29 Å². The zero-order valence-corrected chi connectivity index (χ0v) is 7.66. The van der Waals surface area contributed by atoms with Crippen LogP contribution in [0.5, 0.6) is 0 Å². The lowest BCUT2D eigenvalue weighted by molar-refractivity contribution is -0.104. The minimum absolute atomic E-state index is 0.552. The quantitative estimate of drug-likeness (QED) is 0.561. The van der Waals surface area contributed by atoms with Gasteiger partial charge in [-0.1, -0.05) is 24.3 Å². The second-order valence-corrected chi connectivity index (χ2v) is 2.95. The highest BCUT2D eigenvalue weighted by Crippen LogP contribution is 2.07. The van der Waals surface area contributed by atoms with E-state index in [1.165, 1.54) is 0 Å². The topological polar surface area (TPSA) is 43.1 Å². The first-order valence-corrected chi connectivity index (χ1v) is 4.18. The second kappa shape index (κ2) is 4.58. The lowest BCUT2D eigenvalue weighted by atomic mass is 10.1. The van der Waals surface area contributed by atoms with Crippen LogP contribution in [0.1, 0.15) is 18.1 Å². The molecule has 0 saturated heterocycles. The first-order chi connectivity index (χ1) is 6.26. The van der Waals surface area contributed by atoms with Gasteiger partial charge in [0.2, 0.25) is 0 Å². The Balaban J connectivity index is 2.86. The lowest BCUT2D eigenvalue weighted by Crippen LogP contribution is -1.95. The SMILES string of the molecule is C/C(C=O)=C\c1ccc(CN)cc1. The van der Waals surface area contributed by atoms with Crippen LogP contribution < -0.4 is 5.73 Å². The monoisotopic (exact) mass is 175 g/mol. The molecule has 0 radical (unpaired) electrons. The normalized spacial score (nSPS) is 11.4. The van der Waals surface area contributed by atoms with Crippen LogP contribution in [0.4, 0.5) is 0 Å². The summed E-state index contributed by atoms with van der Waals surface area (Å²) in [6.07, 6.45) is 2.68. The lowest BCUT2D eigenvalue weighted by Gasteiger charge is -1.97. The Labute approximate surface area is 78.1 Å². The maximum absolute atomic E-state index is 10.3. The number of aldehydes is 1. The van der Waals surface area contributed by atoms with E-state index in [1.807, 2.05) is 30.3 Å². The van der Waals surface area contributed by atoms with Crippen LogP contribution >= 0.6 is 0 Å². The Morgan fingerprint density at radius 3 is 2.46 bits per heavy atom. The molecule has 68 valence electrons. The molecule has 0 amide bonds. The molecule has 0 aliphatic carbocycles. The van der Waals surface area contributed by atoms with Crippen LogP contribution in [0.3, 0.4) is 0 Å². The maximum Gasteiger partial charge on any atom is 0.145 e. The van der Waals surface area contributed by atoms with E-state index >= 15 is 0 Å². The van der Waals surface area contributed by atoms with Gasteiger partial charge in [0.15, 0.2) is 0 Å². The predicted octanol–water partition coefficient (Wildman–Crippen LogP) is 1.75. The van der Waals surface area contributed by atoms with E-state index in [1.54, 1.807) is 6.92 Å². The third-order valence-electron chi connectivity index (χ3n) is 1.80. The van der Waals surface area contributed by atoms with Gasteiger partial charge in [-0.2, -0.15) is 0 Å². The standard InChI is InChI=1S/C11H13NO/c1-9(8-13)6-10-2-4-11(7-12)5-3-10/h2-6,8H,7,12H2,1H3/b9-6+. The number of benzene rings is 1. The Kier molecular flexibility index (Phi) is 3.41. The van der Waals surface area contributed by atoms with Crippen molar-refractivity contribution in [3.63, 3.8) is 0 Å². The minimum Gasteiger partial charge on any atom is -0.326 e. The summed E-state index contributed by atoms with van der Waals surface area (Å²) < 4.78 is 0. The summed E-state index contributed by atoms with van der Waals surface area (Å²) in [6, 6.07) is 7.83. The summed E-state index contributed by atoms with van der Waals surface area (Å²) in [7, 11) is 0. The first kappa shape index (κ1) is 9.68. The van der Waals surface area contributed by atoms with Gasteiger partial charge in [0, 0.05) is 6.54 Å². The molecule has 2 heteroatoms. The van der Waals surface area contributed by atoms with Gasteiger partial charge in [-0.25, -0.2) is 0 Å². The van der Waals surface area contributed by atoms with Gasteiger partial charge in [-0.3, -0.25) is 4.79 Å². The summed E-state index contributed by atoms with van der Waals surface area (Å²) in [4.78, 5) is 10.3. The molecule has 0 aromatic heterocycles. The van der Waals surface area contributed by atoms with Gasteiger partial charge >= 0.3 is 0 Å². The smallest absolute Gasteiger partial charge is 0.145 e. The highest BCUT2D eigenvalue weighted by molar-refractivity contribution is 5.80. The Hall–Kier alpha value is -1.41. The van der Waals surface area contributed by atoms with Crippen molar-refractivity contribution in [2.45, 2.75) is 13.5 Å². The average Bonchev–Trinajstić information content (AvgIpc) is 2.19. The number of rotatable bonds is 3. The van der Waals surface area contributed by atoms with Crippen molar-refractivity contribution in [3.05, 3.63) is 41.0 Å². The molecule has 0 bridgehead atoms. The van der Waals surface area contributed by atoms with E-state index in [9.17, 15) is 4.79 Å². The van der Waals surface area contributed by atoms with E-state index in [0.717, 1.165) is 23.0 Å². The number of nitrogens with two attached hydrogens (primary N) is 1. The molecule has 2 N–H and O–H groups in total. The van der Waals surface area contributed by atoms with E-state index in [0.29, 0.717) is 6.54 Å². The van der Waals surface area contributed by atoms with Crippen LogP contribution in [-0.4, -0.2) is 6.29 Å². The zero-order valence-electron chi connectivity index (χ0n) is 7.66. The highest BCUT2D eigenvalue weighted by Gasteiger charge is 1.90. The highest BCUT2D eigenvalue weighted by atomic mass is 16.1. The van der Waals surface area contributed by atoms with Gasteiger partial charge in [-0.15, -0.1) is 0 Å². The molecule has 0 saturated carbocycles. The van der Waals surface area contributed by atoms with E-state index in [2.05, 4.69) is 0 Å². The van der Waals surface area contributed by atoms with Crippen molar-refractivity contribution in [2.24, 2.45) is 5.73 Å². The van der Waals surface area contributed by atoms with Crippen LogP contribution in [0.15, 0.2) is 29.8 Å². The zero-order chi connectivity index (χ0) is 9.68. The molecule has 0 aliphatic heterocycles. The molecule has 1 aromatic rings. The third-order valence-corrected chi connectivity index (χ3v) is 1.80.